The molecule has 0 aliphatic carbocycles. The number of rotatable bonds is 6. The summed E-state index contributed by atoms with van der Waals surface area (Å²) in [6, 6.07) is 19.4. The van der Waals surface area contributed by atoms with Gasteiger partial charge in [-0.2, -0.15) is 0 Å². The van der Waals surface area contributed by atoms with Crippen LogP contribution < -0.4 is 4.74 Å². The number of aryl methyl sites for hydroxylation is 1. The van der Waals surface area contributed by atoms with Crippen molar-refractivity contribution < 1.29 is 26.7 Å². The fourth-order valence-electron chi connectivity index (χ4n) is 3.83. The Labute approximate surface area is 188 Å². The first-order valence-corrected chi connectivity index (χ1v) is 10.6. The van der Waals surface area contributed by atoms with Gasteiger partial charge in [-0.3, -0.25) is 0 Å². The molecule has 33 heavy (non-hydrogen) atoms. The Kier molecular flexibility index (Phi) is 6.36. The Morgan fingerprint density at radius 2 is 1.45 bits per heavy atom. The van der Waals surface area contributed by atoms with Crippen molar-refractivity contribution in [2.45, 2.75) is 32.5 Å². The zero-order valence-corrected chi connectivity index (χ0v) is 17.8. The van der Waals surface area contributed by atoms with Gasteiger partial charge in [0.1, 0.15) is 5.82 Å². The van der Waals surface area contributed by atoms with Gasteiger partial charge in [-0.1, -0.05) is 74.0 Å². The lowest BCUT2D eigenvalue weighted by molar-refractivity contribution is -0.275. The molecule has 0 saturated heterocycles. The summed E-state index contributed by atoms with van der Waals surface area (Å²) in [5.74, 6) is -2.33. The third kappa shape index (κ3) is 5.16. The minimum Gasteiger partial charge on any atom is -0.403 e. The fraction of sp³-hybridized carbons (Fsp3) is 0.185. The predicted octanol–water partition coefficient (Wildman–Crippen LogP) is 8.69. The summed E-state index contributed by atoms with van der Waals surface area (Å²) in [5, 5.41) is 1.39. The predicted molar refractivity (Wildman–Crippen MR) is 120 cm³/mol. The van der Waals surface area contributed by atoms with Crippen molar-refractivity contribution in [3.8, 4) is 28.0 Å². The molecule has 4 rings (SSSR count). The molecule has 4 aromatic rings. The standard InChI is InChI=1S/C27H21F5O/c1-2-3-4-17-5-12-23-21(15-17)10-13-22(26(23)29)19-8-6-18(7-9-19)20-11-14-25(24(28)16-20)33-27(30,31)32/h5-16H,2-4H2,1H3. The SMILES string of the molecule is CCCCc1ccc2c(F)c(-c3ccc(-c4ccc(OC(F)(F)F)c(F)c4)cc3)ccc2c1. The molecule has 0 amide bonds. The molecule has 0 heterocycles. The zero-order chi connectivity index (χ0) is 23.6. The Morgan fingerprint density at radius 1 is 0.758 bits per heavy atom. The van der Waals surface area contributed by atoms with E-state index >= 15 is 4.39 Å². The number of unbranched alkanes of at least 4 members (excludes halogenated alkanes) is 1. The van der Waals surface area contributed by atoms with E-state index in [4.69, 9.17) is 0 Å². The van der Waals surface area contributed by atoms with Crippen LogP contribution in [0.15, 0.2) is 72.8 Å². The number of alkyl halides is 3. The summed E-state index contributed by atoms with van der Waals surface area (Å²) in [6.07, 6.45) is -1.83. The number of fused-ring (bicyclic) bond motifs is 1. The molecule has 0 aliphatic rings. The summed E-state index contributed by atoms with van der Waals surface area (Å²) in [6.45, 7) is 2.13. The summed E-state index contributed by atoms with van der Waals surface area (Å²) in [7, 11) is 0. The molecule has 0 saturated carbocycles. The van der Waals surface area contributed by atoms with Gasteiger partial charge < -0.3 is 4.74 Å². The Morgan fingerprint density at radius 3 is 2.12 bits per heavy atom. The van der Waals surface area contributed by atoms with E-state index in [2.05, 4.69) is 11.7 Å². The van der Waals surface area contributed by atoms with Gasteiger partial charge in [-0.05, 0) is 52.6 Å². The van der Waals surface area contributed by atoms with Crippen molar-refractivity contribution >= 4 is 10.8 Å². The molecule has 0 atom stereocenters. The number of benzene rings is 4. The molecular weight excluding hydrogens is 435 g/mol. The number of hydrogen-bond acceptors (Lipinski definition) is 1. The van der Waals surface area contributed by atoms with Gasteiger partial charge >= 0.3 is 6.36 Å². The molecule has 170 valence electrons. The van der Waals surface area contributed by atoms with E-state index < -0.39 is 17.9 Å². The molecule has 1 nitrogen and oxygen atoms in total. The lowest BCUT2D eigenvalue weighted by Gasteiger charge is -2.11. The maximum atomic E-state index is 15.2. The lowest BCUT2D eigenvalue weighted by Crippen LogP contribution is -2.17. The number of ether oxygens (including phenoxy) is 1. The minimum atomic E-state index is -4.97. The van der Waals surface area contributed by atoms with E-state index in [1.807, 2.05) is 18.2 Å². The van der Waals surface area contributed by atoms with Crippen LogP contribution >= 0.6 is 0 Å². The molecule has 0 aliphatic heterocycles. The molecule has 0 radical (unpaired) electrons. The van der Waals surface area contributed by atoms with E-state index in [-0.39, 0.29) is 5.82 Å². The van der Waals surface area contributed by atoms with Gasteiger partial charge in [0.05, 0.1) is 0 Å². The van der Waals surface area contributed by atoms with E-state index in [1.54, 1.807) is 36.4 Å². The third-order valence-electron chi connectivity index (χ3n) is 5.52. The Hall–Kier alpha value is -3.41. The molecule has 0 unspecified atom stereocenters. The van der Waals surface area contributed by atoms with Crippen molar-refractivity contribution in [1.82, 2.24) is 0 Å². The van der Waals surface area contributed by atoms with E-state index in [0.29, 0.717) is 27.6 Å². The highest BCUT2D eigenvalue weighted by molar-refractivity contribution is 5.89. The first-order valence-electron chi connectivity index (χ1n) is 10.6. The van der Waals surface area contributed by atoms with Gasteiger partial charge in [-0.15, -0.1) is 13.2 Å². The van der Waals surface area contributed by atoms with Crippen LogP contribution in [-0.4, -0.2) is 6.36 Å². The van der Waals surface area contributed by atoms with Crippen molar-refractivity contribution in [3.05, 3.63) is 90.0 Å². The minimum absolute atomic E-state index is 0.318. The molecule has 4 aromatic carbocycles. The maximum Gasteiger partial charge on any atom is 0.573 e. The molecule has 0 spiro atoms. The van der Waals surface area contributed by atoms with Gasteiger partial charge in [0, 0.05) is 10.9 Å². The van der Waals surface area contributed by atoms with Crippen LogP contribution in [-0.2, 0) is 6.42 Å². The Balaban J connectivity index is 1.60. The quantitative estimate of drug-likeness (QED) is 0.264. The molecule has 0 N–H and O–H groups in total. The summed E-state index contributed by atoms with van der Waals surface area (Å²) in [4.78, 5) is 0. The normalized spacial score (nSPS) is 11.7. The summed E-state index contributed by atoms with van der Waals surface area (Å²) < 4.78 is 69.9. The van der Waals surface area contributed by atoms with Crippen molar-refractivity contribution in [2.75, 3.05) is 0 Å². The highest BCUT2D eigenvalue weighted by atomic mass is 19.4. The Bertz CT molecular complexity index is 1280. The van der Waals surface area contributed by atoms with E-state index in [0.717, 1.165) is 36.8 Å². The van der Waals surface area contributed by atoms with Crippen LogP contribution in [0.4, 0.5) is 22.0 Å². The van der Waals surface area contributed by atoms with Crippen LogP contribution in [0.5, 0.6) is 5.75 Å². The topological polar surface area (TPSA) is 9.23 Å². The largest absolute Gasteiger partial charge is 0.573 e. The third-order valence-corrected chi connectivity index (χ3v) is 5.52. The second kappa shape index (κ2) is 9.22. The smallest absolute Gasteiger partial charge is 0.403 e. The number of halogens is 5. The monoisotopic (exact) mass is 456 g/mol. The second-order valence-electron chi connectivity index (χ2n) is 7.86. The van der Waals surface area contributed by atoms with Crippen LogP contribution in [0.25, 0.3) is 33.0 Å². The average Bonchev–Trinajstić information content (AvgIpc) is 2.78. The molecule has 0 aromatic heterocycles. The van der Waals surface area contributed by atoms with Gasteiger partial charge in [0.15, 0.2) is 11.6 Å². The average molecular weight is 456 g/mol. The first-order chi connectivity index (χ1) is 15.7. The second-order valence-corrected chi connectivity index (χ2v) is 7.86. The fourth-order valence-corrected chi connectivity index (χ4v) is 3.83. The van der Waals surface area contributed by atoms with Crippen molar-refractivity contribution in [2.24, 2.45) is 0 Å². The summed E-state index contributed by atoms with van der Waals surface area (Å²) >= 11 is 0. The molecule has 0 fully saturated rings. The van der Waals surface area contributed by atoms with Crippen LogP contribution in [0.2, 0.25) is 0 Å². The van der Waals surface area contributed by atoms with Gasteiger partial charge in [0.2, 0.25) is 0 Å². The van der Waals surface area contributed by atoms with Crippen molar-refractivity contribution in [1.29, 1.82) is 0 Å². The van der Waals surface area contributed by atoms with Gasteiger partial charge in [-0.25, -0.2) is 8.78 Å². The van der Waals surface area contributed by atoms with E-state index in [9.17, 15) is 17.6 Å². The highest BCUT2D eigenvalue weighted by Crippen LogP contribution is 2.33. The van der Waals surface area contributed by atoms with E-state index in [1.165, 1.54) is 11.6 Å². The lowest BCUT2D eigenvalue weighted by atomic mass is 9.96. The highest BCUT2D eigenvalue weighted by Gasteiger charge is 2.32. The molecule has 0 bridgehead atoms. The molecular formula is C27H21F5O. The zero-order valence-electron chi connectivity index (χ0n) is 17.8. The van der Waals surface area contributed by atoms with Crippen LogP contribution in [0, 0.1) is 11.6 Å². The summed E-state index contributed by atoms with van der Waals surface area (Å²) in [5.41, 5.74) is 3.23. The van der Waals surface area contributed by atoms with Gasteiger partial charge in [0.25, 0.3) is 0 Å². The molecule has 6 heteroatoms. The van der Waals surface area contributed by atoms with Crippen LogP contribution in [0.1, 0.15) is 25.3 Å². The van der Waals surface area contributed by atoms with Crippen molar-refractivity contribution in [3.63, 3.8) is 0 Å². The van der Waals surface area contributed by atoms with Crippen LogP contribution in [0.3, 0.4) is 0 Å². The maximum absolute atomic E-state index is 15.2. The number of hydrogen-bond donors (Lipinski definition) is 0. The first kappa shape index (κ1) is 22.8.